The topological polar surface area (TPSA) is 15.8 Å². The van der Waals surface area contributed by atoms with E-state index in [-0.39, 0.29) is 0 Å². The molecular weight excluding hydrogens is 282 g/mol. The molecule has 1 heterocycles. The molecule has 23 heavy (non-hydrogen) atoms. The lowest BCUT2D eigenvalue weighted by Gasteiger charge is -2.27. The number of anilines is 3. The number of epoxide rings is 1. The Labute approximate surface area is 137 Å². The Morgan fingerprint density at radius 2 is 1.26 bits per heavy atom. The third-order valence-corrected chi connectivity index (χ3v) is 4.11. The molecule has 0 spiro atoms. The summed E-state index contributed by atoms with van der Waals surface area (Å²) in [5, 5.41) is 0. The summed E-state index contributed by atoms with van der Waals surface area (Å²) in [6, 6.07) is 29.6. The fraction of sp³-hybridized carbons (Fsp3) is 0.143. The molecule has 2 nitrogen and oxygen atoms in total. The summed E-state index contributed by atoms with van der Waals surface area (Å²) in [6.45, 7) is 0.880. The van der Waals surface area contributed by atoms with Crippen LogP contribution in [0.5, 0.6) is 0 Å². The van der Waals surface area contributed by atoms with Gasteiger partial charge in [0.1, 0.15) is 0 Å². The average molecular weight is 301 g/mol. The van der Waals surface area contributed by atoms with Gasteiger partial charge in [0.05, 0.1) is 12.7 Å². The lowest BCUT2D eigenvalue weighted by atomic mass is 10.1. The first-order valence-electron chi connectivity index (χ1n) is 8.01. The molecule has 3 aromatic carbocycles. The monoisotopic (exact) mass is 301 g/mol. The minimum Gasteiger partial charge on any atom is -0.373 e. The Kier molecular flexibility index (Phi) is 3.83. The van der Waals surface area contributed by atoms with Gasteiger partial charge in [-0.2, -0.15) is 0 Å². The molecule has 4 rings (SSSR count). The van der Waals surface area contributed by atoms with E-state index < -0.39 is 0 Å². The fourth-order valence-electron chi connectivity index (χ4n) is 2.91. The van der Waals surface area contributed by atoms with Gasteiger partial charge in [-0.15, -0.1) is 0 Å². The van der Waals surface area contributed by atoms with Gasteiger partial charge in [0.25, 0.3) is 0 Å². The largest absolute Gasteiger partial charge is 0.373 e. The summed E-state index contributed by atoms with van der Waals surface area (Å²) < 4.78 is 5.44. The van der Waals surface area contributed by atoms with Gasteiger partial charge >= 0.3 is 0 Å². The summed E-state index contributed by atoms with van der Waals surface area (Å²) in [6.07, 6.45) is 1.34. The molecule has 3 aromatic rings. The molecule has 0 bridgehead atoms. The van der Waals surface area contributed by atoms with Crippen molar-refractivity contribution in [2.45, 2.75) is 12.5 Å². The van der Waals surface area contributed by atoms with E-state index in [1.54, 1.807) is 0 Å². The molecule has 0 aliphatic carbocycles. The smallest absolute Gasteiger partial charge is 0.0850 e. The van der Waals surface area contributed by atoms with Gasteiger partial charge in [0.15, 0.2) is 0 Å². The van der Waals surface area contributed by atoms with Crippen molar-refractivity contribution in [2.24, 2.45) is 0 Å². The van der Waals surface area contributed by atoms with Crippen molar-refractivity contribution in [1.82, 2.24) is 0 Å². The van der Waals surface area contributed by atoms with Crippen molar-refractivity contribution in [3.8, 4) is 0 Å². The molecule has 1 unspecified atom stereocenters. The summed E-state index contributed by atoms with van der Waals surface area (Å²) in [7, 11) is 0. The van der Waals surface area contributed by atoms with Crippen molar-refractivity contribution in [3.63, 3.8) is 0 Å². The molecule has 0 N–H and O–H groups in total. The second-order valence-electron chi connectivity index (χ2n) is 5.79. The normalized spacial score (nSPS) is 16.1. The molecule has 2 heteroatoms. The molecule has 114 valence electrons. The summed E-state index contributed by atoms with van der Waals surface area (Å²) in [4.78, 5) is 2.32. The van der Waals surface area contributed by atoms with Crippen LogP contribution in [-0.2, 0) is 11.2 Å². The van der Waals surface area contributed by atoms with Gasteiger partial charge in [0, 0.05) is 23.5 Å². The van der Waals surface area contributed by atoms with Crippen LogP contribution >= 0.6 is 0 Å². The first-order chi connectivity index (χ1) is 11.4. The van der Waals surface area contributed by atoms with E-state index in [0.717, 1.165) is 13.0 Å². The number of para-hydroxylation sites is 3. The molecule has 0 saturated carbocycles. The fourth-order valence-corrected chi connectivity index (χ4v) is 2.91. The highest BCUT2D eigenvalue weighted by molar-refractivity contribution is 5.78. The van der Waals surface area contributed by atoms with Crippen molar-refractivity contribution in [1.29, 1.82) is 0 Å². The standard InChI is InChI=1S/C21H19NO/c1-3-10-18(11-4-1)22(19-12-5-2-6-13-19)21-14-8-7-9-17(21)15-20-16-23-20/h1-14,20H,15-16H2. The Morgan fingerprint density at radius 3 is 1.83 bits per heavy atom. The first-order valence-corrected chi connectivity index (χ1v) is 8.01. The Hall–Kier alpha value is -2.58. The van der Waals surface area contributed by atoms with Gasteiger partial charge in [-0.05, 0) is 35.9 Å². The molecule has 1 atom stereocenters. The van der Waals surface area contributed by atoms with Crippen LogP contribution in [0.25, 0.3) is 0 Å². The predicted octanol–water partition coefficient (Wildman–Crippen LogP) is 5.10. The van der Waals surface area contributed by atoms with E-state index >= 15 is 0 Å². The van der Waals surface area contributed by atoms with Crippen molar-refractivity contribution < 1.29 is 4.74 Å². The lowest BCUT2D eigenvalue weighted by Crippen LogP contribution is -2.12. The minimum absolute atomic E-state index is 0.379. The van der Waals surface area contributed by atoms with Gasteiger partial charge in [-0.1, -0.05) is 54.6 Å². The average Bonchev–Trinajstić information content (AvgIpc) is 3.43. The summed E-state index contributed by atoms with van der Waals surface area (Å²) in [5.41, 5.74) is 4.88. The highest BCUT2D eigenvalue weighted by atomic mass is 16.6. The maximum atomic E-state index is 5.44. The Balaban J connectivity index is 1.82. The van der Waals surface area contributed by atoms with E-state index in [2.05, 4.69) is 89.8 Å². The van der Waals surface area contributed by atoms with Crippen molar-refractivity contribution in [3.05, 3.63) is 90.5 Å². The number of nitrogens with zero attached hydrogens (tertiary/aromatic N) is 1. The van der Waals surface area contributed by atoms with Crippen molar-refractivity contribution >= 4 is 17.1 Å². The molecule has 0 radical (unpaired) electrons. The van der Waals surface area contributed by atoms with Gasteiger partial charge in [-0.3, -0.25) is 0 Å². The highest BCUT2D eigenvalue weighted by Crippen LogP contribution is 2.37. The zero-order chi connectivity index (χ0) is 15.5. The molecule has 1 saturated heterocycles. The number of hydrogen-bond donors (Lipinski definition) is 0. The number of benzene rings is 3. The lowest BCUT2D eigenvalue weighted by molar-refractivity contribution is 0.408. The van der Waals surface area contributed by atoms with Crippen LogP contribution in [0, 0.1) is 0 Å². The van der Waals surface area contributed by atoms with Crippen LogP contribution in [0.2, 0.25) is 0 Å². The maximum absolute atomic E-state index is 5.44. The predicted molar refractivity (Wildman–Crippen MR) is 94.6 cm³/mol. The van der Waals surface area contributed by atoms with Crippen LogP contribution in [-0.4, -0.2) is 12.7 Å². The van der Waals surface area contributed by atoms with E-state index in [9.17, 15) is 0 Å². The van der Waals surface area contributed by atoms with Crippen LogP contribution in [0.1, 0.15) is 5.56 Å². The van der Waals surface area contributed by atoms with Gasteiger partial charge < -0.3 is 9.64 Å². The number of hydrogen-bond acceptors (Lipinski definition) is 2. The number of ether oxygens (including phenoxy) is 1. The zero-order valence-corrected chi connectivity index (χ0v) is 12.9. The van der Waals surface area contributed by atoms with Crippen LogP contribution in [0.3, 0.4) is 0 Å². The molecule has 1 aliphatic rings. The second-order valence-corrected chi connectivity index (χ2v) is 5.79. The van der Waals surface area contributed by atoms with E-state index in [1.807, 2.05) is 0 Å². The third kappa shape index (κ3) is 3.13. The number of rotatable bonds is 5. The third-order valence-electron chi connectivity index (χ3n) is 4.11. The van der Waals surface area contributed by atoms with Crippen LogP contribution in [0.4, 0.5) is 17.1 Å². The Bertz CT molecular complexity index is 727. The van der Waals surface area contributed by atoms with Crippen LogP contribution < -0.4 is 4.90 Å². The van der Waals surface area contributed by atoms with Gasteiger partial charge in [-0.25, -0.2) is 0 Å². The molecular formula is C21H19NO. The molecule has 0 amide bonds. The SMILES string of the molecule is c1ccc(N(c2ccccc2)c2ccccc2CC2CO2)cc1. The van der Waals surface area contributed by atoms with Crippen molar-refractivity contribution in [2.75, 3.05) is 11.5 Å². The summed E-state index contributed by atoms with van der Waals surface area (Å²) >= 11 is 0. The minimum atomic E-state index is 0.379. The quantitative estimate of drug-likeness (QED) is 0.609. The zero-order valence-electron chi connectivity index (χ0n) is 12.9. The van der Waals surface area contributed by atoms with E-state index in [1.165, 1.54) is 22.6 Å². The van der Waals surface area contributed by atoms with E-state index in [0.29, 0.717) is 6.10 Å². The second kappa shape index (κ2) is 6.27. The van der Waals surface area contributed by atoms with Gasteiger partial charge in [0.2, 0.25) is 0 Å². The maximum Gasteiger partial charge on any atom is 0.0850 e. The molecule has 1 fully saturated rings. The Morgan fingerprint density at radius 1 is 0.739 bits per heavy atom. The summed E-state index contributed by atoms with van der Waals surface area (Å²) in [5.74, 6) is 0. The molecule has 1 aliphatic heterocycles. The first kappa shape index (κ1) is 14.0. The van der Waals surface area contributed by atoms with Crippen LogP contribution in [0.15, 0.2) is 84.9 Å². The highest BCUT2D eigenvalue weighted by Gasteiger charge is 2.25. The van der Waals surface area contributed by atoms with E-state index in [4.69, 9.17) is 4.74 Å². The molecule has 0 aromatic heterocycles.